The molecule has 2 N–H and O–H groups in total. The van der Waals surface area contributed by atoms with E-state index in [-0.39, 0.29) is 49.0 Å². The van der Waals surface area contributed by atoms with Crippen LogP contribution >= 0.6 is 0 Å². The van der Waals surface area contributed by atoms with Crippen molar-refractivity contribution in [3.8, 4) is 11.8 Å². The van der Waals surface area contributed by atoms with Crippen LogP contribution in [-0.2, 0) is 11.3 Å². The average molecular weight is 383 g/mol. The van der Waals surface area contributed by atoms with Gasteiger partial charge in [0.1, 0.15) is 6.10 Å². The zero-order chi connectivity index (χ0) is 19.2. The Bertz CT molecular complexity index is 645. The lowest BCUT2D eigenvalue weighted by Crippen LogP contribution is -2.40. The molecule has 6 nitrogen and oxygen atoms in total. The van der Waals surface area contributed by atoms with Crippen molar-refractivity contribution in [3.63, 3.8) is 0 Å². The summed E-state index contributed by atoms with van der Waals surface area (Å²) in [6.07, 6.45) is 4.44. The first-order chi connectivity index (χ1) is 13.1. The van der Waals surface area contributed by atoms with Crippen molar-refractivity contribution >= 4 is 5.91 Å². The molecule has 2 fully saturated rings. The molecule has 3 rings (SSSR count). The summed E-state index contributed by atoms with van der Waals surface area (Å²) in [6, 6.07) is 1.09. The number of rotatable bonds is 7. The quantitative estimate of drug-likeness (QED) is 0.757. The number of hydrogen-bond donors (Lipinski definition) is 2. The Morgan fingerprint density at radius 3 is 2.70 bits per heavy atom. The summed E-state index contributed by atoms with van der Waals surface area (Å²) in [5.74, 6) is -0.504. The van der Waals surface area contributed by atoms with E-state index in [9.17, 15) is 13.6 Å². The minimum absolute atomic E-state index is 0.0811. The molecule has 0 radical (unpaired) electrons. The first kappa shape index (κ1) is 19.8. The van der Waals surface area contributed by atoms with Crippen molar-refractivity contribution in [2.24, 2.45) is 5.92 Å². The van der Waals surface area contributed by atoms with Crippen LogP contribution in [0, 0.1) is 11.7 Å². The van der Waals surface area contributed by atoms with Crippen molar-refractivity contribution in [2.75, 3.05) is 20.3 Å². The second-order valence-electron chi connectivity index (χ2n) is 7.23. The largest absolute Gasteiger partial charge is 0.481 e. The van der Waals surface area contributed by atoms with Gasteiger partial charge in [-0.05, 0) is 57.1 Å². The van der Waals surface area contributed by atoms with Gasteiger partial charge in [-0.3, -0.25) is 9.18 Å². The molecular formula is C19H27F2N3O3. The van der Waals surface area contributed by atoms with Gasteiger partial charge < -0.3 is 20.1 Å². The first-order valence-electron chi connectivity index (χ1n) is 9.57. The molecule has 1 amide bonds. The van der Waals surface area contributed by atoms with Crippen molar-refractivity contribution in [3.05, 3.63) is 17.4 Å². The van der Waals surface area contributed by atoms with Crippen LogP contribution in [-0.4, -0.2) is 43.4 Å². The Balaban J connectivity index is 1.61. The van der Waals surface area contributed by atoms with E-state index in [2.05, 4.69) is 15.6 Å². The normalized spacial score (nSPS) is 25.2. The zero-order valence-corrected chi connectivity index (χ0v) is 15.6. The molecule has 0 unspecified atom stereocenters. The summed E-state index contributed by atoms with van der Waals surface area (Å²) in [7, 11) is 1.44. The number of nitrogens with one attached hydrogen (secondary N) is 2. The standard InChI is InChI=1S/C19H27F2N3O3/c1-26-18-13(11-23-17(25)16-3-2-8-22-16)9-15(21)19(24-18)27-14-6-4-12(10-20)5-7-14/h9,12,14,16,22H,2-8,10-11H2,1H3,(H,23,25)/t12?,14?,16-/m0/s1. The van der Waals surface area contributed by atoms with E-state index in [0.717, 1.165) is 32.2 Å². The second-order valence-corrected chi connectivity index (χ2v) is 7.23. The maximum Gasteiger partial charge on any atom is 0.254 e. The third-order valence-electron chi connectivity index (χ3n) is 5.30. The molecule has 2 heterocycles. The number of hydrogen-bond acceptors (Lipinski definition) is 5. The van der Waals surface area contributed by atoms with Gasteiger partial charge in [-0.1, -0.05) is 0 Å². The van der Waals surface area contributed by atoms with Gasteiger partial charge in [0, 0.05) is 12.1 Å². The van der Waals surface area contributed by atoms with Crippen LogP contribution in [0.2, 0.25) is 0 Å². The summed E-state index contributed by atoms with van der Waals surface area (Å²) in [6.45, 7) is 0.646. The molecule has 0 spiro atoms. The maximum absolute atomic E-state index is 14.5. The van der Waals surface area contributed by atoms with Gasteiger partial charge in [-0.2, -0.15) is 4.98 Å². The first-order valence-corrected chi connectivity index (χ1v) is 9.57. The fourth-order valence-corrected chi connectivity index (χ4v) is 3.66. The van der Waals surface area contributed by atoms with Gasteiger partial charge in [-0.25, -0.2) is 4.39 Å². The van der Waals surface area contributed by atoms with Crippen molar-refractivity contribution in [1.82, 2.24) is 15.6 Å². The van der Waals surface area contributed by atoms with Crippen LogP contribution in [0.3, 0.4) is 0 Å². The van der Waals surface area contributed by atoms with Gasteiger partial charge in [0.05, 0.1) is 19.8 Å². The third kappa shape index (κ3) is 5.06. The van der Waals surface area contributed by atoms with Crippen LogP contribution in [0.1, 0.15) is 44.1 Å². The highest BCUT2D eigenvalue weighted by atomic mass is 19.1. The number of carbonyl (C=O) groups excluding carboxylic acids is 1. The summed E-state index contributed by atoms with van der Waals surface area (Å²) >= 11 is 0. The molecule has 150 valence electrons. The Labute approximate surface area is 158 Å². The number of nitrogens with zero attached hydrogens (tertiary/aromatic N) is 1. The molecule has 1 saturated heterocycles. The minimum atomic E-state index is -0.591. The van der Waals surface area contributed by atoms with Crippen molar-refractivity contribution in [2.45, 2.75) is 57.2 Å². The lowest BCUT2D eigenvalue weighted by molar-refractivity contribution is -0.122. The molecule has 0 aromatic carbocycles. The molecule has 2 aliphatic rings. The lowest BCUT2D eigenvalue weighted by atomic mass is 9.88. The van der Waals surface area contributed by atoms with Crippen molar-refractivity contribution < 1.29 is 23.0 Å². The molecule has 1 aliphatic heterocycles. The van der Waals surface area contributed by atoms with Gasteiger partial charge in [0.2, 0.25) is 11.8 Å². The number of methoxy groups -OCH3 is 1. The number of pyridine rings is 1. The number of halogens is 2. The predicted molar refractivity (Wildman–Crippen MR) is 96.0 cm³/mol. The highest BCUT2D eigenvalue weighted by molar-refractivity contribution is 5.82. The fraction of sp³-hybridized carbons (Fsp3) is 0.684. The summed E-state index contributed by atoms with van der Waals surface area (Å²) in [5.41, 5.74) is 0.454. The van der Waals surface area contributed by atoms with Gasteiger partial charge in [0.15, 0.2) is 5.82 Å². The summed E-state index contributed by atoms with van der Waals surface area (Å²) in [4.78, 5) is 16.2. The average Bonchev–Trinajstić information content (AvgIpc) is 3.23. The molecule has 1 aromatic heterocycles. The Morgan fingerprint density at radius 1 is 1.30 bits per heavy atom. The molecule has 1 aromatic rings. The van der Waals surface area contributed by atoms with Crippen LogP contribution in [0.4, 0.5) is 8.78 Å². The second kappa shape index (κ2) is 9.30. The zero-order valence-electron chi connectivity index (χ0n) is 15.6. The molecule has 8 heteroatoms. The molecular weight excluding hydrogens is 356 g/mol. The van der Waals surface area contributed by atoms with Crippen LogP contribution < -0.4 is 20.1 Å². The van der Waals surface area contributed by atoms with E-state index in [0.29, 0.717) is 18.4 Å². The summed E-state index contributed by atoms with van der Waals surface area (Å²) < 4.78 is 38.1. The number of alkyl halides is 1. The topological polar surface area (TPSA) is 72.5 Å². The Hall–Kier alpha value is -1.96. The number of ether oxygens (including phenoxy) is 2. The van der Waals surface area contributed by atoms with E-state index in [4.69, 9.17) is 9.47 Å². The fourth-order valence-electron chi connectivity index (χ4n) is 3.66. The van der Waals surface area contributed by atoms with Gasteiger partial charge in [-0.15, -0.1) is 0 Å². The smallest absolute Gasteiger partial charge is 0.254 e. The van der Waals surface area contributed by atoms with Crippen LogP contribution in [0.5, 0.6) is 11.8 Å². The Morgan fingerprint density at radius 2 is 2.07 bits per heavy atom. The van der Waals surface area contributed by atoms with E-state index in [1.807, 2.05) is 0 Å². The van der Waals surface area contributed by atoms with Gasteiger partial charge >= 0.3 is 0 Å². The highest BCUT2D eigenvalue weighted by Crippen LogP contribution is 2.30. The molecule has 1 atom stereocenters. The lowest BCUT2D eigenvalue weighted by Gasteiger charge is -2.27. The van der Waals surface area contributed by atoms with Crippen LogP contribution in [0.25, 0.3) is 0 Å². The number of aromatic nitrogens is 1. The molecule has 1 saturated carbocycles. The predicted octanol–water partition coefficient (Wildman–Crippen LogP) is 2.50. The minimum Gasteiger partial charge on any atom is -0.481 e. The third-order valence-corrected chi connectivity index (χ3v) is 5.30. The van der Waals surface area contributed by atoms with Crippen LogP contribution in [0.15, 0.2) is 6.07 Å². The number of carbonyl (C=O) groups is 1. The Kier molecular flexibility index (Phi) is 6.82. The van der Waals surface area contributed by atoms with E-state index >= 15 is 0 Å². The monoisotopic (exact) mass is 383 g/mol. The maximum atomic E-state index is 14.5. The van der Waals surface area contributed by atoms with E-state index in [1.54, 1.807) is 0 Å². The SMILES string of the molecule is COc1nc(OC2CCC(CF)CC2)c(F)cc1CNC(=O)[C@@H]1CCCN1. The molecule has 0 bridgehead atoms. The van der Waals surface area contributed by atoms with Crippen molar-refractivity contribution in [1.29, 1.82) is 0 Å². The number of amides is 1. The van der Waals surface area contributed by atoms with E-state index in [1.165, 1.54) is 13.2 Å². The summed E-state index contributed by atoms with van der Waals surface area (Å²) in [5, 5.41) is 5.91. The molecule has 1 aliphatic carbocycles. The highest BCUT2D eigenvalue weighted by Gasteiger charge is 2.25. The van der Waals surface area contributed by atoms with Gasteiger partial charge in [0.25, 0.3) is 5.88 Å². The molecule has 27 heavy (non-hydrogen) atoms. The van der Waals surface area contributed by atoms with E-state index < -0.39 is 5.82 Å².